The molecule has 2 rings (SSSR count). The van der Waals surface area contributed by atoms with E-state index in [2.05, 4.69) is 15.9 Å². The van der Waals surface area contributed by atoms with Gasteiger partial charge < -0.3 is 19.1 Å². The Bertz CT molecular complexity index is 501. The van der Waals surface area contributed by atoms with Crippen molar-refractivity contribution in [2.45, 2.75) is 13.8 Å². The van der Waals surface area contributed by atoms with E-state index in [1.165, 1.54) is 0 Å². The molecule has 1 saturated heterocycles. The number of benzene rings is 1. The minimum atomic E-state index is -0.0111. The Balaban J connectivity index is 2.28. The predicted octanol–water partition coefficient (Wildman–Crippen LogP) is 2.72. The molecule has 5 nitrogen and oxygen atoms in total. The number of carbonyl (C=O) groups excluding carboxylic acids is 1. The van der Waals surface area contributed by atoms with Gasteiger partial charge in [0.15, 0.2) is 11.5 Å². The number of nitrogens with zero attached hydrogens (tertiary/aromatic N) is 1. The first-order chi connectivity index (χ1) is 10.2. The summed E-state index contributed by atoms with van der Waals surface area (Å²) in [5, 5.41) is 0. The van der Waals surface area contributed by atoms with Crippen LogP contribution < -0.4 is 9.47 Å². The molecular weight excluding hydrogens is 338 g/mol. The molecular formula is C15H20BrNO4. The maximum atomic E-state index is 12.5. The number of amides is 1. The van der Waals surface area contributed by atoms with Crippen molar-refractivity contribution in [3.63, 3.8) is 0 Å². The fourth-order valence-corrected chi connectivity index (χ4v) is 2.74. The summed E-state index contributed by atoms with van der Waals surface area (Å²) in [6.07, 6.45) is 0. The molecule has 0 aliphatic carbocycles. The summed E-state index contributed by atoms with van der Waals surface area (Å²) in [7, 11) is 0. The van der Waals surface area contributed by atoms with Gasteiger partial charge in [0.25, 0.3) is 5.91 Å². The van der Waals surface area contributed by atoms with Crippen LogP contribution in [0.25, 0.3) is 0 Å². The van der Waals surface area contributed by atoms with Crippen LogP contribution in [0, 0.1) is 0 Å². The molecule has 1 aromatic carbocycles. The van der Waals surface area contributed by atoms with Crippen molar-refractivity contribution >= 4 is 21.8 Å². The second-order valence-electron chi connectivity index (χ2n) is 4.56. The van der Waals surface area contributed by atoms with Crippen LogP contribution in [0.3, 0.4) is 0 Å². The normalized spacial score (nSPS) is 14.9. The maximum Gasteiger partial charge on any atom is 0.254 e. The van der Waals surface area contributed by atoms with Crippen LogP contribution in [0.1, 0.15) is 24.2 Å². The first kappa shape index (κ1) is 16.1. The van der Waals surface area contributed by atoms with E-state index in [1.807, 2.05) is 13.8 Å². The minimum Gasteiger partial charge on any atom is -0.490 e. The van der Waals surface area contributed by atoms with E-state index in [0.29, 0.717) is 56.6 Å². The largest absolute Gasteiger partial charge is 0.490 e. The Labute approximate surface area is 133 Å². The summed E-state index contributed by atoms with van der Waals surface area (Å²) in [5.41, 5.74) is 0.593. The summed E-state index contributed by atoms with van der Waals surface area (Å²) in [4.78, 5) is 14.3. The number of ether oxygens (including phenoxy) is 3. The Morgan fingerprint density at radius 1 is 1.24 bits per heavy atom. The van der Waals surface area contributed by atoms with Crippen molar-refractivity contribution in [1.29, 1.82) is 0 Å². The van der Waals surface area contributed by atoms with Crippen LogP contribution in [0.4, 0.5) is 0 Å². The van der Waals surface area contributed by atoms with Crippen LogP contribution in [-0.4, -0.2) is 50.3 Å². The summed E-state index contributed by atoms with van der Waals surface area (Å²) < 4.78 is 17.2. The van der Waals surface area contributed by atoms with Gasteiger partial charge in [-0.3, -0.25) is 4.79 Å². The zero-order valence-corrected chi connectivity index (χ0v) is 13.9. The molecule has 0 N–H and O–H groups in total. The van der Waals surface area contributed by atoms with Gasteiger partial charge in [-0.05, 0) is 41.9 Å². The first-order valence-electron chi connectivity index (χ1n) is 7.13. The monoisotopic (exact) mass is 357 g/mol. The van der Waals surface area contributed by atoms with Gasteiger partial charge >= 0.3 is 0 Å². The highest BCUT2D eigenvalue weighted by atomic mass is 79.9. The lowest BCUT2D eigenvalue weighted by molar-refractivity contribution is 0.0302. The molecule has 1 aliphatic heterocycles. The molecule has 1 fully saturated rings. The zero-order chi connectivity index (χ0) is 15.2. The van der Waals surface area contributed by atoms with Crippen molar-refractivity contribution < 1.29 is 19.0 Å². The quantitative estimate of drug-likeness (QED) is 0.812. The fraction of sp³-hybridized carbons (Fsp3) is 0.533. The molecule has 0 aromatic heterocycles. The zero-order valence-electron chi connectivity index (χ0n) is 12.4. The average molecular weight is 358 g/mol. The Morgan fingerprint density at radius 2 is 1.90 bits per heavy atom. The molecule has 1 aromatic rings. The van der Waals surface area contributed by atoms with Gasteiger partial charge in [0.2, 0.25) is 0 Å². The number of halogens is 1. The third-order valence-corrected chi connectivity index (χ3v) is 3.73. The van der Waals surface area contributed by atoms with E-state index in [9.17, 15) is 4.79 Å². The van der Waals surface area contributed by atoms with E-state index < -0.39 is 0 Å². The van der Waals surface area contributed by atoms with Gasteiger partial charge in [0.1, 0.15) is 0 Å². The van der Waals surface area contributed by atoms with Crippen LogP contribution in [0.5, 0.6) is 11.5 Å². The van der Waals surface area contributed by atoms with Crippen molar-refractivity contribution in [2.75, 3.05) is 39.5 Å². The Hall–Kier alpha value is -1.27. The molecule has 6 heteroatoms. The van der Waals surface area contributed by atoms with Crippen molar-refractivity contribution in [3.05, 3.63) is 22.2 Å². The highest BCUT2D eigenvalue weighted by molar-refractivity contribution is 9.10. The molecule has 21 heavy (non-hydrogen) atoms. The highest BCUT2D eigenvalue weighted by Gasteiger charge is 2.21. The second kappa shape index (κ2) is 7.66. The lowest BCUT2D eigenvalue weighted by Gasteiger charge is -2.27. The summed E-state index contributed by atoms with van der Waals surface area (Å²) in [6.45, 7) is 7.28. The number of rotatable bonds is 5. The fourth-order valence-electron chi connectivity index (χ4n) is 2.19. The summed E-state index contributed by atoms with van der Waals surface area (Å²) >= 11 is 3.46. The van der Waals surface area contributed by atoms with E-state index in [1.54, 1.807) is 17.0 Å². The van der Waals surface area contributed by atoms with Crippen LogP contribution >= 0.6 is 15.9 Å². The van der Waals surface area contributed by atoms with E-state index in [-0.39, 0.29) is 5.91 Å². The van der Waals surface area contributed by atoms with Gasteiger partial charge in [0.05, 0.1) is 30.9 Å². The lowest BCUT2D eigenvalue weighted by Crippen LogP contribution is -2.40. The summed E-state index contributed by atoms with van der Waals surface area (Å²) in [6, 6.07) is 3.53. The van der Waals surface area contributed by atoms with Crippen molar-refractivity contribution in [2.24, 2.45) is 0 Å². The van der Waals surface area contributed by atoms with Crippen molar-refractivity contribution in [3.8, 4) is 11.5 Å². The number of hydrogen-bond donors (Lipinski definition) is 0. The number of carbonyl (C=O) groups is 1. The van der Waals surface area contributed by atoms with Crippen LogP contribution in [0.2, 0.25) is 0 Å². The molecule has 0 bridgehead atoms. The summed E-state index contributed by atoms with van der Waals surface area (Å²) in [5.74, 6) is 1.21. The first-order valence-corrected chi connectivity index (χ1v) is 7.92. The molecule has 0 saturated carbocycles. The Morgan fingerprint density at radius 3 is 2.52 bits per heavy atom. The van der Waals surface area contributed by atoms with Crippen LogP contribution in [0.15, 0.2) is 16.6 Å². The number of hydrogen-bond acceptors (Lipinski definition) is 4. The highest BCUT2D eigenvalue weighted by Crippen LogP contribution is 2.37. The molecule has 116 valence electrons. The SMILES string of the molecule is CCOc1cc(C(=O)N2CCOCC2)cc(Br)c1OCC. The molecule has 0 spiro atoms. The smallest absolute Gasteiger partial charge is 0.254 e. The maximum absolute atomic E-state index is 12.5. The van der Waals surface area contributed by atoms with E-state index in [4.69, 9.17) is 14.2 Å². The molecule has 1 aliphatic rings. The van der Waals surface area contributed by atoms with Crippen LogP contribution in [-0.2, 0) is 4.74 Å². The molecule has 0 radical (unpaired) electrons. The van der Waals surface area contributed by atoms with Gasteiger partial charge in [-0.25, -0.2) is 0 Å². The minimum absolute atomic E-state index is 0.0111. The van der Waals surface area contributed by atoms with Gasteiger partial charge in [-0.15, -0.1) is 0 Å². The van der Waals surface area contributed by atoms with Crippen molar-refractivity contribution in [1.82, 2.24) is 4.90 Å². The Kier molecular flexibility index (Phi) is 5.87. The molecule has 1 heterocycles. The van der Waals surface area contributed by atoms with Gasteiger partial charge in [-0.2, -0.15) is 0 Å². The molecule has 1 amide bonds. The van der Waals surface area contributed by atoms with E-state index in [0.717, 1.165) is 4.47 Å². The van der Waals surface area contributed by atoms with E-state index >= 15 is 0 Å². The topological polar surface area (TPSA) is 48.0 Å². The average Bonchev–Trinajstić information content (AvgIpc) is 2.51. The standard InChI is InChI=1S/C15H20BrNO4/c1-3-20-13-10-11(9-12(16)14(13)21-4-2)15(18)17-5-7-19-8-6-17/h9-10H,3-8H2,1-2H3. The molecule has 0 unspecified atom stereocenters. The van der Waals surface area contributed by atoms with Gasteiger partial charge in [0, 0.05) is 18.7 Å². The third kappa shape index (κ3) is 3.89. The number of morpholine rings is 1. The predicted molar refractivity (Wildman–Crippen MR) is 83.2 cm³/mol. The third-order valence-electron chi connectivity index (χ3n) is 3.14. The molecule has 0 atom stereocenters. The lowest BCUT2D eigenvalue weighted by atomic mass is 10.1. The van der Waals surface area contributed by atoms with Gasteiger partial charge in [-0.1, -0.05) is 0 Å². The second-order valence-corrected chi connectivity index (χ2v) is 5.41.